The summed E-state index contributed by atoms with van der Waals surface area (Å²) in [7, 11) is 1.54. The molecule has 28 heavy (non-hydrogen) atoms. The fraction of sp³-hybridized carbons (Fsp3) is 0.150. The zero-order valence-electron chi connectivity index (χ0n) is 15.0. The van der Waals surface area contributed by atoms with E-state index in [1.807, 2.05) is 40.4 Å². The summed E-state index contributed by atoms with van der Waals surface area (Å²) >= 11 is 7.50. The average molecular weight is 417 g/mol. The maximum atomic E-state index is 12.1. The van der Waals surface area contributed by atoms with Gasteiger partial charge >= 0.3 is 5.97 Å². The first-order valence-corrected chi connectivity index (χ1v) is 9.58. The van der Waals surface area contributed by atoms with Crippen LogP contribution >= 0.6 is 22.9 Å². The van der Waals surface area contributed by atoms with E-state index >= 15 is 0 Å². The highest BCUT2D eigenvalue weighted by Crippen LogP contribution is 2.16. The van der Waals surface area contributed by atoms with Crippen LogP contribution < -0.4 is 9.54 Å². The number of thiazole rings is 1. The summed E-state index contributed by atoms with van der Waals surface area (Å²) in [6.07, 6.45) is 1.82. The number of esters is 1. The number of hydrogen-bond acceptors (Lipinski definition) is 5. The second-order valence-corrected chi connectivity index (χ2v) is 7.00. The van der Waals surface area contributed by atoms with E-state index in [9.17, 15) is 9.59 Å². The number of methoxy groups -OCH3 is 1. The van der Waals surface area contributed by atoms with Crippen LogP contribution in [-0.2, 0) is 16.1 Å². The van der Waals surface area contributed by atoms with Crippen LogP contribution in [0.5, 0.6) is 5.75 Å². The molecular formula is C20H17ClN2O4S. The Morgan fingerprint density at radius 2 is 1.89 bits per heavy atom. The predicted molar refractivity (Wildman–Crippen MR) is 107 cm³/mol. The van der Waals surface area contributed by atoms with Gasteiger partial charge in [-0.3, -0.25) is 4.79 Å². The first-order chi connectivity index (χ1) is 13.6. The molecule has 0 radical (unpaired) electrons. The monoisotopic (exact) mass is 416 g/mol. The summed E-state index contributed by atoms with van der Waals surface area (Å²) in [5.74, 6) is -0.512. The van der Waals surface area contributed by atoms with E-state index in [1.54, 1.807) is 24.3 Å². The molecule has 144 valence electrons. The van der Waals surface area contributed by atoms with Gasteiger partial charge in [0.25, 0.3) is 5.91 Å². The summed E-state index contributed by atoms with van der Waals surface area (Å²) in [6.45, 7) is 0.0514. The van der Waals surface area contributed by atoms with Crippen molar-refractivity contribution in [1.29, 1.82) is 0 Å². The number of rotatable bonds is 6. The normalized spacial score (nSPS) is 11.3. The van der Waals surface area contributed by atoms with Gasteiger partial charge in [0.15, 0.2) is 11.4 Å². The third-order valence-electron chi connectivity index (χ3n) is 3.83. The molecule has 1 aromatic heterocycles. The lowest BCUT2D eigenvalue weighted by molar-refractivity contribution is -0.121. The molecule has 0 unspecified atom stereocenters. The van der Waals surface area contributed by atoms with Gasteiger partial charge in [-0.15, -0.1) is 11.3 Å². The number of amides is 1. The third kappa shape index (κ3) is 5.09. The standard InChI is InChI=1S/C20H17ClN2O4S/c1-26-16-8-6-14(7-9-16)19(25)27-13-18(24)22-20-23(10-11-28-20)12-15-4-2-3-5-17(15)21/h2-11H,12-13H2,1H3. The molecule has 1 heterocycles. The van der Waals surface area contributed by atoms with Gasteiger partial charge in [-0.05, 0) is 35.9 Å². The topological polar surface area (TPSA) is 69.9 Å². The van der Waals surface area contributed by atoms with E-state index in [0.29, 0.717) is 27.7 Å². The van der Waals surface area contributed by atoms with Gasteiger partial charge in [-0.25, -0.2) is 4.79 Å². The van der Waals surface area contributed by atoms with Crippen LogP contribution in [0.2, 0.25) is 5.02 Å². The van der Waals surface area contributed by atoms with Gasteiger partial charge in [0.1, 0.15) is 5.75 Å². The lowest BCUT2D eigenvalue weighted by Crippen LogP contribution is -2.20. The Morgan fingerprint density at radius 1 is 1.14 bits per heavy atom. The highest BCUT2D eigenvalue weighted by atomic mass is 35.5. The molecule has 8 heteroatoms. The summed E-state index contributed by atoms with van der Waals surface area (Å²) in [5.41, 5.74) is 1.25. The van der Waals surface area contributed by atoms with Crippen molar-refractivity contribution in [2.75, 3.05) is 13.7 Å². The summed E-state index contributed by atoms with van der Waals surface area (Å²) in [4.78, 5) is 28.7. The fourth-order valence-electron chi connectivity index (χ4n) is 2.39. The van der Waals surface area contributed by atoms with E-state index in [2.05, 4.69) is 4.99 Å². The van der Waals surface area contributed by atoms with Crippen LogP contribution in [0, 0.1) is 0 Å². The second-order valence-electron chi connectivity index (χ2n) is 5.72. The van der Waals surface area contributed by atoms with Crippen molar-refractivity contribution < 1.29 is 19.1 Å². The van der Waals surface area contributed by atoms with Crippen molar-refractivity contribution in [2.45, 2.75) is 6.54 Å². The zero-order valence-corrected chi connectivity index (χ0v) is 16.6. The lowest BCUT2D eigenvalue weighted by Gasteiger charge is -2.05. The Balaban J connectivity index is 1.64. The third-order valence-corrected chi connectivity index (χ3v) is 4.99. The largest absolute Gasteiger partial charge is 0.497 e. The summed E-state index contributed by atoms with van der Waals surface area (Å²) in [5, 5.41) is 2.47. The number of carbonyl (C=O) groups excluding carboxylic acids is 2. The number of ether oxygens (including phenoxy) is 2. The van der Waals surface area contributed by atoms with E-state index in [0.717, 1.165) is 5.56 Å². The number of benzene rings is 2. The Hall–Kier alpha value is -2.90. The van der Waals surface area contributed by atoms with Gasteiger partial charge in [0, 0.05) is 16.6 Å². The highest BCUT2D eigenvalue weighted by Gasteiger charge is 2.10. The number of hydrogen-bond donors (Lipinski definition) is 0. The van der Waals surface area contributed by atoms with Crippen molar-refractivity contribution in [3.63, 3.8) is 0 Å². The Bertz CT molecular complexity index is 1040. The van der Waals surface area contributed by atoms with E-state index < -0.39 is 18.5 Å². The minimum atomic E-state index is -0.596. The molecule has 0 fully saturated rings. The Morgan fingerprint density at radius 3 is 2.61 bits per heavy atom. The molecule has 0 spiro atoms. The molecule has 6 nitrogen and oxygen atoms in total. The molecule has 0 aliphatic rings. The van der Waals surface area contributed by atoms with Crippen molar-refractivity contribution in [2.24, 2.45) is 4.99 Å². The number of nitrogens with zero attached hydrogens (tertiary/aromatic N) is 2. The van der Waals surface area contributed by atoms with Crippen molar-refractivity contribution in [3.8, 4) is 5.75 Å². The minimum Gasteiger partial charge on any atom is -0.497 e. The van der Waals surface area contributed by atoms with Gasteiger partial charge < -0.3 is 14.0 Å². The van der Waals surface area contributed by atoms with E-state index in [1.165, 1.54) is 18.4 Å². The number of carbonyl (C=O) groups is 2. The number of halogens is 1. The first kappa shape index (κ1) is 19.9. The van der Waals surface area contributed by atoms with Crippen LogP contribution in [0.1, 0.15) is 15.9 Å². The van der Waals surface area contributed by atoms with Gasteiger partial charge in [-0.1, -0.05) is 29.8 Å². The lowest BCUT2D eigenvalue weighted by atomic mass is 10.2. The smallest absolute Gasteiger partial charge is 0.338 e. The second kappa shape index (κ2) is 9.34. The van der Waals surface area contributed by atoms with Gasteiger partial charge in [0.05, 0.1) is 19.2 Å². The molecule has 3 rings (SSSR count). The van der Waals surface area contributed by atoms with Crippen molar-refractivity contribution >= 4 is 34.8 Å². The van der Waals surface area contributed by atoms with Crippen LogP contribution in [0.4, 0.5) is 0 Å². The van der Waals surface area contributed by atoms with Crippen molar-refractivity contribution in [3.05, 3.63) is 81.1 Å². The molecular weight excluding hydrogens is 400 g/mol. The molecule has 0 aliphatic carbocycles. The van der Waals surface area contributed by atoms with Crippen LogP contribution in [0.25, 0.3) is 0 Å². The SMILES string of the molecule is COc1ccc(C(=O)OCC(=O)N=c2sccn2Cc2ccccc2Cl)cc1. The molecule has 0 bridgehead atoms. The predicted octanol–water partition coefficient (Wildman–Crippen LogP) is 3.54. The number of aromatic nitrogens is 1. The maximum absolute atomic E-state index is 12.1. The highest BCUT2D eigenvalue weighted by molar-refractivity contribution is 7.07. The minimum absolute atomic E-state index is 0.332. The Kier molecular flexibility index (Phi) is 6.62. The van der Waals surface area contributed by atoms with Crippen molar-refractivity contribution in [1.82, 2.24) is 4.57 Å². The van der Waals surface area contributed by atoms with Crippen LogP contribution in [0.3, 0.4) is 0 Å². The maximum Gasteiger partial charge on any atom is 0.338 e. The van der Waals surface area contributed by atoms with E-state index in [-0.39, 0.29) is 0 Å². The Labute approximate surface area is 170 Å². The molecule has 2 aromatic carbocycles. The molecule has 0 saturated heterocycles. The summed E-state index contributed by atoms with van der Waals surface area (Å²) < 4.78 is 11.9. The first-order valence-electron chi connectivity index (χ1n) is 8.33. The molecule has 1 amide bonds. The van der Waals surface area contributed by atoms with Gasteiger partial charge in [0.2, 0.25) is 0 Å². The van der Waals surface area contributed by atoms with Crippen LogP contribution in [-0.4, -0.2) is 30.2 Å². The summed E-state index contributed by atoms with van der Waals surface area (Å²) in [6, 6.07) is 13.9. The molecule has 0 aliphatic heterocycles. The molecule has 0 N–H and O–H groups in total. The zero-order chi connectivity index (χ0) is 19.9. The molecule has 0 saturated carbocycles. The van der Waals surface area contributed by atoms with Gasteiger partial charge in [-0.2, -0.15) is 4.99 Å². The molecule has 3 aromatic rings. The molecule has 0 atom stereocenters. The quantitative estimate of drug-likeness (QED) is 0.576. The fourth-order valence-corrected chi connectivity index (χ4v) is 3.33. The average Bonchev–Trinajstić information content (AvgIpc) is 3.14. The van der Waals surface area contributed by atoms with E-state index in [4.69, 9.17) is 21.1 Å². The van der Waals surface area contributed by atoms with Crippen LogP contribution in [0.15, 0.2) is 65.1 Å².